The van der Waals surface area contributed by atoms with Gasteiger partial charge in [0.25, 0.3) is 0 Å². The Bertz CT molecular complexity index is 2700. The van der Waals surface area contributed by atoms with Gasteiger partial charge >= 0.3 is 0 Å². The molecule has 55 heavy (non-hydrogen) atoms. The van der Waals surface area contributed by atoms with Crippen molar-refractivity contribution in [2.45, 2.75) is 25.7 Å². The van der Waals surface area contributed by atoms with Gasteiger partial charge in [-0.2, -0.15) is 0 Å². The summed E-state index contributed by atoms with van der Waals surface area (Å²) in [6.07, 6.45) is 22.8. The van der Waals surface area contributed by atoms with Crippen LogP contribution in [0.2, 0.25) is 0 Å². The SMILES string of the molecule is CN1c2c(ccc3c2C=CC3)[P+](C)(c2ccccc2)c2ccc3c(c2N(C)c2c(ccc4c2C=CC4)P(c2ccccc2)c2ccc4c(c21)CC=C4)CC=C3. The highest BCUT2D eigenvalue weighted by atomic mass is 31.2. The first-order valence-electron chi connectivity index (χ1n) is 19.6. The van der Waals surface area contributed by atoms with Gasteiger partial charge in [0.1, 0.15) is 23.2 Å². The van der Waals surface area contributed by atoms with Crippen LogP contribution in [0.15, 0.2) is 133 Å². The second-order valence-corrected chi connectivity index (χ2v) is 21.2. The number of anilines is 4. The van der Waals surface area contributed by atoms with Crippen LogP contribution in [0.1, 0.15) is 44.5 Å². The van der Waals surface area contributed by atoms with E-state index in [2.05, 4.69) is 188 Å². The van der Waals surface area contributed by atoms with Gasteiger partial charge in [-0.3, -0.25) is 0 Å². The number of allylic oxidation sites excluding steroid dienone is 4. The summed E-state index contributed by atoms with van der Waals surface area (Å²) in [5.74, 6) is 0. The molecule has 0 bridgehead atoms. The van der Waals surface area contributed by atoms with Gasteiger partial charge in [0.2, 0.25) is 0 Å². The largest absolute Gasteiger partial charge is 0.340 e. The van der Waals surface area contributed by atoms with E-state index in [9.17, 15) is 0 Å². The molecule has 1 aliphatic heterocycles. The molecule has 0 spiro atoms. The van der Waals surface area contributed by atoms with Crippen LogP contribution in [-0.4, -0.2) is 20.8 Å². The maximum atomic E-state index is 2.65. The van der Waals surface area contributed by atoms with E-state index in [1.807, 2.05) is 0 Å². The van der Waals surface area contributed by atoms with E-state index in [4.69, 9.17) is 0 Å². The molecule has 266 valence electrons. The van der Waals surface area contributed by atoms with E-state index in [0.29, 0.717) is 0 Å². The zero-order chi connectivity index (χ0) is 36.8. The topological polar surface area (TPSA) is 6.48 Å². The summed E-state index contributed by atoms with van der Waals surface area (Å²) >= 11 is 0. The Labute approximate surface area is 327 Å². The lowest BCUT2D eigenvalue weighted by molar-refractivity contribution is 1.16. The maximum absolute atomic E-state index is 2.65. The molecule has 6 aromatic carbocycles. The lowest BCUT2D eigenvalue weighted by atomic mass is 10.0. The highest BCUT2D eigenvalue weighted by Gasteiger charge is 2.48. The van der Waals surface area contributed by atoms with Crippen molar-refractivity contribution in [3.05, 3.63) is 178 Å². The lowest BCUT2D eigenvalue weighted by Crippen LogP contribution is -2.39. The van der Waals surface area contributed by atoms with Crippen LogP contribution in [-0.2, 0) is 25.7 Å². The predicted octanol–water partition coefficient (Wildman–Crippen LogP) is 9.49. The number of benzene rings is 6. The van der Waals surface area contributed by atoms with Crippen LogP contribution >= 0.6 is 15.2 Å². The Morgan fingerprint density at radius 3 is 1.69 bits per heavy atom. The molecule has 0 saturated heterocycles. The molecule has 4 heteroatoms. The van der Waals surface area contributed by atoms with Gasteiger partial charge in [0.15, 0.2) is 0 Å². The fourth-order valence-electron chi connectivity index (χ4n) is 10.1. The third kappa shape index (κ3) is 4.81. The van der Waals surface area contributed by atoms with E-state index >= 15 is 0 Å². The molecular formula is C51H43N2P2+. The highest BCUT2D eigenvalue weighted by molar-refractivity contribution is 7.95. The van der Waals surface area contributed by atoms with E-state index in [1.165, 1.54) is 99.1 Å². The Morgan fingerprint density at radius 1 is 0.473 bits per heavy atom. The summed E-state index contributed by atoms with van der Waals surface area (Å²) in [7, 11) is 1.48. The van der Waals surface area contributed by atoms with Crippen molar-refractivity contribution in [1.82, 2.24) is 0 Å². The molecule has 2 unspecified atom stereocenters. The predicted molar refractivity (Wildman–Crippen MR) is 243 cm³/mol. The first kappa shape index (κ1) is 33.1. The monoisotopic (exact) mass is 745 g/mol. The second-order valence-electron chi connectivity index (χ2n) is 15.6. The number of hydrogen-bond donors (Lipinski definition) is 0. The molecule has 1 heterocycles. The van der Waals surface area contributed by atoms with E-state index in [0.717, 1.165) is 25.7 Å². The smallest absolute Gasteiger partial charge is 0.128 e. The summed E-state index contributed by atoms with van der Waals surface area (Å²) in [6.45, 7) is 2.61. The third-order valence-electron chi connectivity index (χ3n) is 12.7. The fourth-order valence-corrected chi connectivity index (χ4v) is 16.6. The van der Waals surface area contributed by atoms with Crippen LogP contribution in [0, 0.1) is 0 Å². The van der Waals surface area contributed by atoms with Crippen molar-refractivity contribution in [1.29, 1.82) is 0 Å². The zero-order valence-electron chi connectivity index (χ0n) is 31.6. The summed E-state index contributed by atoms with van der Waals surface area (Å²) in [4.78, 5) is 5.30. The highest BCUT2D eigenvalue weighted by Crippen LogP contribution is 2.59. The molecule has 4 aliphatic carbocycles. The standard InChI is InChI=1S/C51H43N2P2/c1-52-48-40-22-10-14-34(40)26-30-44(48)54(38-18-6-4-7-19-38)45-31-27-35-15-11-23-41(35)49(45)53(2)51-43-25-13-17-37(43)29-33-47(51)55(3,39-20-8-5-9-21-39)46-32-28-36-16-12-24-42(36)50(46)52/h4-14,17-21,23-24,26-33H,15-16,22,25H2,1-3H3/q+1. The van der Waals surface area contributed by atoms with Crippen LogP contribution in [0.4, 0.5) is 22.7 Å². The van der Waals surface area contributed by atoms with Gasteiger partial charge in [-0.05, 0) is 96.6 Å². The molecule has 0 N–H and O–H groups in total. The van der Waals surface area contributed by atoms with Gasteiger partial charge in [-0.25, -0.2) is 0 Å². The molecule has 0 fully saturated rings. The molecule has 5 aliphatic rings. The van der Waals surface area contributed by atoms with Crippen LogP contribution in [0.3, 0.4) is 0 Å². The van der Waals surface area contributed by atoms with Crippen molar-refractivity contribution in [2.75, 3.05) is 30.6 Å². The van der Waals surface area contributed by atoms with Crippen molar-refractivity contribution in [2.24, 2.45) is 0 Å². The molecule has 6 aromatic rings. The first-order valence-corrected chi connectivity index (χ1v) is 23.2. The van der Waals surface area contributed by atoms with Gasteiger partial charge in [-0.1, -0.05) is 134 Å². The number of rotatable bonds is 2. The van der Waals surface area contributed by atoms with Crippen LogP contribution in [0.5, 0.6) is 0 Å². The molecule has 0 amide bonds. The molecule has 0 radical (unpaired) electrons. The Kier molecular flexibility index (Phi) is 7.61. The minimum Gasteiger partial charge on any atom is -0.340 e. The molecule has 0 aromatic heterocycles. The van der Waals surface area contributed by atoms with Crippen molar-refractivity contribution < 1.29 is 0 Å². The van der Waals surface area contributed by atoms with Gasteiger partial charge < -0.3 is 9.80 Å². The second kappa shape index (κ2) is 12.6. The van der Waals surface area contributed by atoms with Crippen molar-refractivity contribution in [3.8, 4) is 0 Å². The minimum atomic E-state index is -2.30. The first-order chi connectivity index (χ1) is 27.0. The third-order valence-corrected chi connectivity index (χ3v) is 19.2. The summed E-state index contributed by atoms with van der Waals surface area (Å²) in [6, 6.07) is 42.6. The number of nitrogens with zero attached hydrogens (tertiary/aromatic N) is 2. The Morgan fingerprint density at radius 2 is 0.982 bits per heavy atom. The summed E-state index contributed by atoms with van der Waals surface area (Å²) < 4.78 is 0. The molecule has 0 saturated carbocycles. The van der Waals surface area contributed by atoms with Crippen LogP contribution in [0.25, 0.3) is 24.3 Å². The zero-order valence-corrected chi connectivity index (χ0v) is 33.4. The maximum Gasteiger partial charge on any atom is 0.128 e. The van der Waals surface area contributed by atoms with Gasteiger partial charge in [0.05, 0.1) is 29.4 Å². The molecule has 2 nitrogen and oxygen atoms in total. The average molecular weight is 746 g/mol. The number of fused-ring (bicyclic) bond motifs is 12. The van der Waals surface area contributed by atoms with Gasteiger partial charge in [-0.15, -0.1) is 0 Å². The molecule has 2 atom stereocenters. The van der Waals surface area contributed by atoms with E-state index in [-0.39, 0.29) is 0 Å². The quantitative estimate of drug-likeness (QED) is 0.163. The molecule has 11 rings (SSSR count). The summed E-state index contributed by atoms with van der Waals surface area (Å²) in [5, 5.41) is 8.54. The normalized spacial score (nSPS) is 19.5. The fraction of sp³-hybridized carbons (Fsp3) is 0.137. The summed E-state index contributed by atoms with van der Waals surface area (Å²) in [5.41, 5.74) is 16.6. The van der Waals surface area contributed by atoms with E-state index in [1.54, 1.807) is 0 Å². The Hall–Kier alpha value is -5.26. The van der Waals surface area contributed by atoms with Crippen molar-refractivity contribution >= 4 is 94.1 Å². The minimum absolute atomic E-state index is 0.937. The molecular weight excluding hydrogens is 703 g/mol. The van der Waals surface area contributed by atoms with Gasteiger partial charge in [0, 0.05) is 35.8 Å². The van der Waals surface area contributed by atoms with Crippen molar-refractivity contribution in [3.63, 3.8) is 0 Å². The van der Waals surface area contributed by atoms with E-state index < -0.39 is 15.2 Å². The Balaban J connectivity index is 1.35. The lowest BCUT2D eigenvalue weighted by Gasteiger charge is -2.38. The average Bonchev–Trinajstić information content (AvgIpc) is 4.07. The van der Waals surface area contributed by atoms with Crippen LogP contribution < -0.4 is 41.6 Å². The number of hydrogen-bond acceptors (Lipinski definition) is 2.